The summed E-state index contributed by atoms with van der Waals surface area (Å²) >= 11 is 1.69. The molecule has 22 heavy (non-hydrogen) atoms. The number of carbonyl (C=O) groups excluding carboxylic acids is 1. The van der Waals surface area contributed by atoms with Gasteiger partial charge in [0, 0.05) is 24.5 Å². The molecule has 1 aliphatic heterocycles. The SMILES string of the molecule is CC(C)[C@@H](NC(=O)CNC[C@@H]1CN(C)CCO1)c1cccs1. The molecule has 0 aromatic carbocycles. The molecule has 1 aliphatic rings. The zero-order valence-corrected chi connectivity index (χ0v) is 14.5. The lowest BCUT2D eigenvalue weighted by Gasteiger charge is -2.30. The van der Waals surface area contributed by atoms with Crippen molar-refractivity contribution in [2.75, 3.05) is 39.8 Å². The number of amides is 1. The summed E-state index contributed by atoms with van der Waals surface area (Å²) in [5.74, 6) is 0.411. The Hall–Kier alpha value is -0.950. The first-order valence-electron chi connectivity index (χ1n) is 7.90. The normalized spacial score (nSPS) is 21.0. The van der Waals surface area contributed by atoms with E-state index in [4.69, 9.17) is 4.74 Å². The van der Waals surface area contributed by atoms with Crippen LogP contribution in [0.5, 0.6) is 0 Å². The Morgan fingerprint density at radius 1 is 1.55 bits per heavy atom. The molecule has 5 nitrogen and oxygen atoms in total. The number of nitrogens with one attached hydrogen (secondary N) is 2. The van der Waals surface area contributed by atoms with Crippen molar-refractivity contribution in [2.24, 2.45) is 5.92 Å². The first kappa shape index (κ1) is 17.4. The molecule has 0 radical (unpaired) electrons. The molecule has 1 aromatic rings. The number of thiophene rings is 1. The largest absolute Gasteiger partial charge is 0.374 e. The van der Waals surface area contributed by atoms with Crippen molar-refractivity contribution < 1.29 is 9.53 Å². The molecule has 1 amide bonds. The molecule has 0 aliphatic carbocycles. The van der Waals surface area contributed by atoms with Crippen molar-refractivity contribution in [3.05, 3.63) is 22.4 Å². The fourth-order valence-corrected chi connectivity index (χ4v) is 3.55. The van der Waals surface area contributed by atoms with E-state index < -0.39 is 0 Å². The lowest BCUT2D eigenvalue weighted by atomic mass is 10.0. The standard InChI is InChI=1S/C16H27N3O2S/c1-12(2)16(14-5-4-8-22-14)18-15(20)10-17-9-13-11-19(3)6-7-21-13/h4-5,8,12-13,16-17H,6-7,9-11H2,1-3H3,(H,18,20)/t13-,16-/m1/s1. The Bertz CT molecular complexity index is 450. The van der Waals surface area contributed by atoms with Gasteiger partial charge in [-0.05, 0) is 24.4 Å². The third-order valence-corrected chi connectivity index (χ3v) is 4.79. The van der Waals surface area contributed by atoms with E-state index in [9.17, 15) is 4.79 Å². The Balaban J connectivity index is 1.72. The molecule has 0 bridgehead atoms. The second kappa shape index (κ2) is 8.62. The van der Waals surface area contributed by atoms with Crippen molar-refractivity contribution in [3.63, 3.8) is 0 Å². The minimum Gasteiger partial charge on any atom is -0.374 e. The average molecular weight is 325 g/mol. The Kier molecular flexibility index (Phi) is 6.82. The molecule has 0 saturated carbocycles. The molecule has 6 heteroatoms. The maximum Gasteiger partial charge on any atom is 0.234 e. The van der Waals surface area contributed by atoms with Gasteiger partial charge < -0.3 is 20.3 Å². The third-order valence-electron chi connectivity index (χ3n) is 3.83. The van der Waals surface area contributed by atoms with Gasteiger partial charge in [-0.3, -0.25) is 4.79 Å². The molecule has 2 heterocycles. The molecule has 2 atom stereocenters. The summed E-state index contributed by atoms with van der Waals surface area (Å²) in [6.45, 7) is 7.96. The topological polar surface area (TPSA) is 53.6 Å². The summed E-state index contributed by atoms with van der Waals surface area (Å²) in [4.78, 5) is 15.6. The van der Waals surface area contributed by atoms with Gasteiger partial charge in [-0.1, -0.05) is 19.9 Å². The van der Waals surface area contributed by atoms with Crippen LogP contribution in [-0.2, 0) is 9.53 Å². The number of rotatable bonds is 7. The molecular weight excluding hydrogens is 298 g/mol. The van der Waals surface area contributed by atoms with Gasteiger partial charge in [0.15, 0.2) is 0 Å². The molecule has 1 aromatic heterocycles. The van der Waals surface area contributed by atoms with Crippen LogP contribution in [0.4, 0.5) is 0 Å². The van der Waals surface area contributed by atoms with Crippen LogP contribution in [0.25, 0.3) is 0 Å². The van der Waals surface area contributed by atoms with E-state index in [1.165, 1.54) is 4.88 Å². The lowest BCUT2D eigenvalue weighted by Crippen LogP contribution is -2.46. The average Bonchev–Trinajstić information content (AvgIpc) is 2.98. The second-order valence-corrected chi connectivity index (χ2v) is 7.17. The minimum absolute atomic E-state index is 0.0382. The summed E-state index contributed by atoms with van der Waals surface area (Å²) < 4.78 is 5.67. The van der Waals surface area contributed by atoms with Crippen LogP contribution in [-0.4, -0.2) is 56.7 Å². The van der Waals surface area contributed by atoms with Crippen molar-refractivity contribution in [1.82, 2.24) is 15.5 Å². The van der Waals surface area contributed by atoms with Gasteiger partial charge in [-0.2, -0.15) is 0 Å². The highest BCUT2D eigenvalue weighted by Crippen LogP contribution is 2.25. The fraction of sp³-hybridized carbons (Fsp3) is 0.688. The highest BCUT2D eigenvalue weighted by Gasteiger charge is 2.20. The first-order valence-corrected chi connectivity index (χ1v) is 8.78. The quantitative estimate of drug-likeness (QED) is 0.797. The molecule has 2 rings (SSSR count). The monoisotopic (exact) mass is 325 g/mol. The van der Waals surface area contributed by atoms with Crippen LogP contribution in [0.3, 0.4) is 0 Å². The van der Waals surface area contributed by atoms with E-state index in [2.05, 4.69) is 42.5 Å². The minimum atomic E-state index is 0.0382. The summed E-state index contributed by atoms with van der Waals surface area (Å²) in [5, 5.41) is 8.38. The van der Waals surface area contributed by atoms with Gasteiger partial charge in [-0.25, -0.2) is 0 Å². The van der Waals surface area contributed by atoms with E-state index >= 15 is 0 Å². The van der Waals surface area contributed by atoms with Gasteiger partial charge in [0.1, 0.15) is 0 Å². The van der Waals surface area contributed by atoms with Crippen molar-refractivity contribution >= 4 is 17.2 Å². The molecule has 1 saturated heterocycles. The highest BCUT2D eigenvalue weighted by atomic mass is 32.1. The number of likely N-dealkylation sites (N-methyl/N-ethyl adjacent to an activating group) is 1. The van der Waals surface area contributed by atoms with Crippen LogP contribution in [0.2, 0.25) is 0 Å². The Labute approximate surface area is 137 Å². The second-order valence-electron chi connectivity index (χ2n) is 6.19. The van der Waals surface area contributed by atoms with E-state index in [1.807, 2.05) is 11.4 Å². The van der Waals surface area contributed by atoms with Crippen LogP contribution in [0.1, 0.15) is 24.8 Å². The molecular formula is C16H27N3O2S. The molecule has 0 unspecified atom stereocenters. The van der Waals surface area contributed by atoms with Crippen LogP contribution >= 0.6 is 11.3 Å². The number of carbonyl (C=O) groups is 1. The highest BCUT2D eigenvalue weighted by molar-refractivity contribution is 7.10. The van der Waals surface area contributed by atoms with Gasteiger partial charge in [0.25, 0.3) is 0 Å². The van der Waals surface area contributed by atoms with Gasteiger partial charge in [0.05, 0.1) is 25.3 Å². The van der Waals surface area contributed by atoms with Crippen molar-refractivity contribution in [2.45, 2.75) is 26.0 Å². The van der Waals surface area contributed by atoms with E-state index in [1.54, 1.807) is 11.3 Å². The molecule has 2 N–H and O–H groups in total. The summed E-state index contributed by atoms with van der Waals surface area (Å²) in [7, 11) is 2.09. The summed E-state index contributed by atoms with van der Waals surface area (Å²) in [5.41, 5.74) is 0. The molecule has 1 fully saturated rings. The number of nitrogens with zero attached hydrogens (tertiary/aromatic N) is 1. The Morgan fingerprint density at radius 2 is 2.36 bits per heavy atom. The third kappa shape index (κ3) is 5.35. The maximum atomic E-state index is 12.1. The van der Waals surface area contributed by atoms with Gasteiger partial charge in [-0.15, -0.1) is 11.3 Å². The van der Waals surface area contributed by atoms with Crippen LogP contribution < -0.4 is 10.6 Å². The number of morpholine rings is 1. The molecule has 0 spiro atoms. The first-order chi connectivity index (χ1) is 10.6. The van der Waals surface area contributed by atoms with Crippen LogP contribution in [0, 0.1) is 5.92 Å². The summed E-state index contributed by atoms with van der Waals surface area (Å²) in [6, 6.07) is 4.19. The summed E-state index contributed by atoms with van der Waals surface area (Å²) in [6.07, 6.45) is 0.171. The number of hydrogen-bond donors (Lipinski definition) is 2. The van der Waals surface area contributed by atoms with E-state index in [0.29, 0.717) is 19.0 Å². The van der Waals surface area contributed by atoms with Gasteiger partial charge in [0.2, 0.25) is 5.91 Å². The predicted molar refractivity (Wildman–Crippen MR) is 90.1 cm³/mol. The fourth-order valence-electron chi connectivity index (χ4n) is 2.60. The molecule has 124 valence electrons. The van der Waals surface area contributed by atoms with Crippen molar-refractivity contribution in [3.8, 4) is 0 Å². The smallest absolute Gasteiger partial charge is 0.234 e. The van der Waals surface area contributed by atoms with E-state index in [-0.39, 0.29) is 18.1 Å². The van der Waals surface area contributed by atoms with Crippen LogP contribution in [0.15, 0.2) is 17.5 Å². The predicted octanol–water partition coefficient (Wildman–Crippen LogP) is 1.48. The van der Waals surface area contributed by atoms with Gasteiger partial charge >= 0.3 is 0 Å². The van der Waals surface area contributed by atoms with Crippen molar-refractivity contribution in [1.29, 1.82) is 0 Å². The zero-order valence-electron chi connectivity index (χ0n) is 13.7. The zero-order chi connectivity index (χ0) is 15.9. The number of ether oxygens (including phenoxy) is 1. The lowest BCUT2D eigenvalue weighted by molar-refractivity contribution is -0.121. The maximum absolute atomic E-state index is 12.1. The Morgan fingerprint density at radius 3 is 3.00 bits per heavy atom. The van der Waals surface area contributed by atoms with E-state index in [0.717, 1.165) is 19.7 Å². The number of hydrogen-bond acceptors (Lipinski definition) is 5.